The van der Waals surface area contributed by atoms with E-state index < -0.39 is 6.10 Å². The van der Waals surface area contributed by atoms with Crippen molar-refractivity contribution in [2.45, 2.75) is 271 Å². The van der Waals surface area contributed by atoms with Gasteiger partial charge in [0.2, 0.25) is 0 Å². The van der Waals surface area contributed by atoms with Crippen molar-refractivity contribution in [3.8, 4) is 0 Å². The highest BCUT2D eigenvalue weighted by Gasteiger charge is 2.19. The summed E-state index contributed by atoms with van der Waals surface area (Å²) in [4.78, 5) is 37.7. The molecular weight excluding hydrogens is 685 g/mol. The molecule has 0 aliphatic heterocycles. The zero-order valence-corrected chi connectivity index (χ0v) is 37.0. The van der Waals surface area contributed by atoms with Crippen LogP contribution in [0.1, 0.15) is 265 Å². The number of esters is 3. The van der Waals surface area contributed by atoms with E-state index in [2.05, 4.69) is 32.9 Å². The molecule has 1 atom stereocenters. The minimum Gasteiger partial charge on any atom is -0.462 e. The molecule has 0 rings (SSSR count). The van der Waals surface area contributed by atoms with Crippen LogP contribution in [0.2, 0.25) is 0 Å². The van der Waals surface area contributed by atoms with Gasteiger partial charge >= 0.3 is 17.9 Å². The molecule has 0 spiro atoms. The molecule has 0 aromatic rings. The Morgan fingerprint density at radius 3 is 0.945 bits per heavy atom. The molecule has 55 heavy (non-hydrogen) atoms. The first-order chi connectivity index (χ1) is 27.0. The number of hydrogen-bond donors (Lipinski definition) is 0. The van der Waals surface area contributed by atoms with E-state index in [4.69, 9.17) is 14.2 Å². The SMILES string of the molecule is CCCCC/C=C\CCCCCCCC(=O)OC(COC(=O)CCCCCCCCCC)COC(=O)CCCCCCCCCCCCCCCCCCC. The van der Waals surface area contributed by atoms with Crippen molar-refractivity contribution in [3.63, 3.8) is 0 Å². The van der Waals surface area contributed by atoms with Gasteiger partial charge in [-0.1, -0.05) is 213 Å². The van der Waals surface area contributed by atoms with E-state index in [9.17, 15) is 14.4 Å². The second-order valence-corrected chi connectivity index (χ2v) is 16.4. The number of rotatable bonds is 44. The standard InChI is InChI=1S/C49H92O6/c1-4-7-10-13-16-19-21-23-24-25-26-27-29-30-33-36-39-42-48(51)54-45-46(44-53-47(50)41-38-35-32-18-15-12-9-6-3)55-49(52)43-40-37-34-31-28-22-20-17-14-11-8-5-2/h17,20,46H,4-16,18-19,21-45H2,1-3H3/b20-17-. The Bertz CT molecular complexity index is 854. The van der Waals surface area contributed by atoms with Crippen LogP contribution in [0.5, 0.6) is 0 Å². The largest absolute Gasteiger partial charge is 0.462 e. The summed E-state index contributed by atoms with van der Waals surface area (Å²) in [5.41, 5.74) is 0. The quantitative estimate of drug-likeness (QED) is 0.0265. The molecule has 0 heterocycles. The number of carbonyl (C=O) groups excluding carboxylic acids is 3. The van der Waals surface area contributed by atoms with Crippen LogP contribution in [0.3, 0.4) is 0 Å². The molecule has 0 bridgehead atoms. The third-order valence-electron chi connectivity index (χ3n) is 10.8. The second kappa shape index (κ2) is 44.9. The molecule has 0 aliphatic carbocycles. The molecule has 0 radical (unpaired) electrons. The Morgan fingerprint density at radius 1 is 0.345 bits per heavy atom. The number of ether oxygens (including phenoxy) is 3. The number of carbonyl (C=O) groups is 3. The van der Waals surface area contributed by atoms with Crippen molar-refractivity contribution in [2.24, 2.45) is 0 Å². The third kappa shape index (κ3) is 43.1. The normalized spacial score (nSPS) is 12.0. The molecule has 0 saturated heterocycles. The summed E-state index contributed by atoms with van der Waals surface area (Å²) in [5, 5.41) is 0. The molecule has 0 aromatic heterocycles. The van der Waals surface area contributed by atoms with Crippen molar-refractivity contribution in [2.75, 3.05) is 13.2 Å². The van der Waals surface area contributed by atoms with Gasteiger partial charge in [0.15, 0.2) is 6.10 Å². The number of hydrogen-bond acceptors (Lipinski definition) is 6. The fourth-order valence-electron chi connectivity index (χ4n) is 7.08. The molecule has 1 unspecified atom stereocenters. The van der Waals surface area contributed by atoms with Gasteiger partial charge in [-0.3, -0.25) is 14.4 Å². The number of unbranched alkanes of at least 4 members (excludes halogenated alkanes) is 31. The molecule has 0 fully saturated rings. The predicted molar refractivity (Wildman–Crippen MR) is 233 cm³/mol. The van der Waals surface area contributed by atoms with Crippen molar-refractivity contribution >= 4 is 17.9 Å². The molecule has 0 aromatic carbocycles. The van der Waals surface area contributed by atoms with Crippen molar-refractivity contribution in [3.05, 3.63) is 12.2 Å². The highest BCUT2D eigenvalue weighted by Crippen LogP contribution is 2.16. The highest BCUT2D eigenvalue weighted by atomic mass is 16.6. The fourth-order valence-corrected chi connectivity index (χ4v) is 7.08. The van der Waals surface area contributed by atoms with E-state index in [1.807, 2.05) is 0 Å². The summed E-state index contributed by atoms with van der Waals surface area (Å²) in [5.74, 6) is -0.871. The summed E-state index contributed by atoms with van der Waals surface area (Å²) >= 11 is 0. The van der Waals surface area contributed by atoms with Crippen LogP contribution < -0.4 is 0 Å². The lowest BCUT2D eigenvalue weighted by atomic mass is 10.0. The van der Waals surface area contributed by atoms with Gasteiger partial charge in [0.25, 0.3) is 0 Å². The van der Waals surface area contributed by atoms with Crippen LogP contribution in [0.4, 0.5) is 0 Å². The van der Waals surface area contributed by atoms with Crippen LogP contribution in [-0.2, 0) is 28.6 Å². The third-order valence-corrected chi connectivity index (χ3v) is 10.8. The molecule has 0 saturated carbocycles. The van der Waals surface area contributed by atoms with Crippen LogP contribution in [0.25, 0.3) is 0 Å². The zero-order valence-electron chi connectivity index (χ0n) is 37.0. The summed E-state index contributed by atoms with van der Waals surface area (Å²) in [6, 6.07) is 0. The van der Waals surface area contributed by atoms with Crippen molar-refractivity contribution in [1.29, 1.82) is 0 Å². The Morgan fingerprint density at radius 2 is 0.600 bits per heavy atom. The maximum atomic E-state index is 12.7. The van der Waals surface area contributed by atoms with Gasteiger partial charge in [0, 0.05) is 19.3 Å². The van der Waals surface area contributed by atoms with Gasteiger partial charge in [-0.2, -0.15) is 0 Å². The summed E-state index contributed by atoms with van der Waals surface area (Å²) in [6.45, 7) is 6.60. The minimum atomic E-state index is -0.765. The average Bonchev–Trinajstić information content (AvgIpc) is 3.18. The molecule has 6 nitrogen and oxygen atoms in total. The maximum absolute atomic E-state index is 12.7. The lowest BCUT2D eigenvalue weighted by molar-refractivity contribution is -0.167. The molecule has 324 valence electrons. The van der Waals surface area contributed by atoms with E-state index >= 15 is 0 Å². The Kier molecular flexibility index (Phi) is 43.4. The van der Waals surface area contributed by atoms with Gasteiger partial charge in [0.1, 0.15) is 13.2 Å². The van der Waals surface area contributed by atoms with Crippen LogP contribution >= 0.6 is 0 Å². The Labute approximate surface area is 341 Å². The van der Waals surface area contributed by atoms with Gasteiger partial charge in [-0.15, -0.1) is 0 Å². The average molecular weight is 777 g/mol. The lowest BCUT2D eigenvalue weighted by Crippen LogP contribution is -2.30. The van der Waals surface area contributed by atoms with Crippen molar-refractivity contribution < 1.29 is 28.6 Å². The van der Waals surface area contributed by atoms with Gasteiger partial charge in [-0.25, -0.2) is 0 Å². The minimum absolute atomic E-state index is 0.0689. The molecule has 0 amide bonds. The fraction of sp³-hybridized carbons (Fsp3) is 0.898. The first-order valence-corrected chi connectivity index (χ1v) is 24.2. The van der Waals surface area contributed by atoms with E-state index in [0.29, 0.717) is 19.3 Å². The van der Waals surface area contributed by atoms with Gasteiger partial charge in [0.05, 0.1) is 0 Å². The van der Waals surface area contributed by atoms with Crippen LogP contribution in [0.15, 0.2) is 12.2 Å². The molecule has 0 aliphatic rings. The van der Waals surface area contributed by atoms with Gasteiger partial charge in [-0.05, 0) is 44.9 Å². The Hall–Kier alpha value is -1.85. The lowest BCUT2D eigenvalue weighted by Gasteiger charge is -2.18. The molecule has 0 N–H and O–H groups in total. The second-order valence-electron chi connectivity index (χ2n) is 16.4. The first kappa shape index (κ1) is 53.1. The van der Waals surface area contributed by atoms with Crippen molar-refractivity contribution in [1.82, 2.24) is 0 Å². The number of allylic oxidation sites excluding steroid dienone is 2. The molecule has 6 heteroatoms. The van der Waals surface area contributed by atoms with E-state index in [1.165, 1.54) is 161 Å². The smallest absolute Gasteiger partial charge is 0.306 e. The predicted octanol–water partition coefficient (Wildman–Crippen LogP) is 15.4. The van der Waals surface area contributed by atoms with E-state index in [-0.39, 0.29) is 31.1 Å². The zero-order chi connectivity index (χ0) is 40.1. The summed E-state index contributed by atoms with van der Waals surface area (Å²) < 4.78 is 16.7. The van der Waals surface area contributed by atoms with Crippen LogP contribution in [0, 0.1) is 0 Å². The van der Waals surface area contributed by atoms with E-state index in [1.54, 1.807) is 0 Å². The van der Waals surface area contributed by atoms with Crippen LogP contribution in [-0.4, -0.2) is 37.2 Å². The topological polar surface area (TPSA) is 78.9 Å². The maximum Gasteiger partial charge on any atom is 0.306 e. The highest BCUT2D eigenvalue weighted by molar-refractivity contribution is 5.71. The Balaban J connectivity index is 4.25. The molecular formula is C49H92O6. The first-order valence-electron chi connectivity index (χ1n) is 24.2. The van der Waals surface area contributed by atoms with E-state index in [0.717, 1.165) is 64.2 Å². The monoisotopic (exact) mass is 777 g/mol. The summed E-state index contributed by atoms with van der Waals surface area (Å²) in [6.07, 6.45) is 47.7. The van der Waals surface area contributed by atoms with Gasteiger partial charge < -0.3 is 14.2 Å². The summed E-state index contributed by atoms with van der Waals surface area (Å²) in [7, 11) is 0.